The molecule has 2 amide bonds. The Hall–Kier alpha value is -1.67. The van der Waals surface area contributed by atoms with Gasteiger partial charge < -0.3 is 20.1 Å². The van der Waals surface area contributed by atoms with Crippen molar-refractivity contribution < 1.29 is 19.4 Å². The SMILES string of the molecule is CN(CCOCC1CC1)C(=O)NCc1nc(C(=O)O)cs1. The first-order chi connectivity index (χ1) is 10.1. The van der Waals surface area contributed by atoms with E-state index in [9.17, 15) is 9.59 Å². The molecule has 1 saturated carbocycles. The molecule has 116 valence electrons. The fourth-order valence-electron chi connectivity index (χ4n) is 1.61. The van der Waals surface area contributed by atoms with E-state index in [2.05, 4.69) is 10.3 Å². The Kier molecular flexibility index (Phi) is 5.51. The highest BCUT2D eigenvalue weighted by Gasteiger charge is 2.21. The summed E-state index contributed by atoms with van der Waals surface area (Å²) in [4.78, 5) is 28.0. The van der Waals surface area contributed by atoms with Crippen LogP contribution in [0.3, 0.4) is 0 Å². The van der Waals surface area contributed by atoms with Gasteiger partial charge in [-0.15, -0.1) is 11.3 Å². The van der Waals surface area contributed by atoms with Crippen molar-refractivity contribution in [2.45, 2.75) is 19.4 Å². The molecule has 0 spiro atoms. The highest BCUT2D eigenvalue weighted by atomic mass is 32.1. The van der Waals surface area contributed by atoms with Crippen LogP contribution in [0.25, 0.3) is 0 Å². The molecule has 1 aliphatic carbocycles. The number of aromatic nitrogens is 1. The van der Waals surface area contributed by atoms with Crippen LogP contribution in [0.1, 0.15) is 28.3 Å². The van der Waals surface area contributed by atoms with E-state index in [1.165, 1.54) is 29.6 Å². The van der Waals surface area contributed by atoms with Gasteiger partial charge in [0.15, 0.2) is 5.69 Å². The number of carbonyl (C=O) groups is 2. The van der Waals surface area contributed by atoms with Gasteiger partial charge in [0.05, 0.1) is 13.2 Å². The van der Waals surface area contributed by atoms with E-state index >= 15 is 0 Å². The standard InChI is InChI=1S/C13H19N3O4S/c1-16(4-5-20-7-9-2-3-9)13(19)14-6-11-15-10(8-21-11)12(17)18/h8-9H,2-7H2,1H3,(H,14,19)(H,17,18). The van der Waals surface area contributed by atoms with Crippen LogP contribution >= 0.6 is 11.3 Å². The van der Waals surface area contributed by atoms with Gasteiger partial charge in [-0.1, -0.05) is 0 Å². The summed E-state index contributed by atoms with van der Waals surface area (Å²) >= 11 is 1.21. The number of carbonyl (C=O) groups excluding carboxylic acids is 1. The molecule has 0 aromatic carbocycles. The number of thiazole rings is 1. The molecule has 0 aliphatic heterocycles. The van der Waals surface area contributed by atoms with Crippen molar-refractivity contribution in [1.82, 2.24) is 15.2 Å². The maximum atomic E-state index is 11.8. The number of carboxylic acids is 1. The van der Waals surface area contributed by atoms with Gasteiger partial charge in [0.1, 0.15) is 5.01 Å². The molecule has 1 heterocycles. The lowest BCUT2D eigenvalue weighted by Crippen LogP contribution is -2.38. The van der Waals surface area contributed by atoms with Crippen molar-refractivity contribution in [2.24, 2.45) is 5.92 Å². The van der Waals surface area contributed by atoms with Crippen molar-refractivity contribution >= 4 is 23.3 Å². The van der Waals surface area contributed by atoms with Crippen molar-refractivity contribution in [3.63, 3.8) is 0 Å². The minimum atomic E-state index is -1.06. The third-order valence-electron chi connectivity index (χ3n) is 3.13. The van der Waals surface area contributed by atoms with E-state index in [1.54, 1.807) is 11.9 Å². The normalized spacial score (nSPS) is 14.0. The lowest BCUT2D eigenvalue weighted by Gasteiger charge is -2.17. The maximum Gasteiger partial charge on any atom is 0.355 e. The number of hydrogen-bond acceptors (Lipinski definition) is 5. The van der Waals surface area contributed by atoms with E-state index in [1.807, 2.05) is 0 Å². The average molecular weight is 313 g/mol. The summed E-state index contributed by atoms with van der Waals surface area (Å²) in [5.74, 6) is -0.341. The minimum absolute atomic E-state index is 0.00563. The van der Waals surface area contributed by atoms with Crippen molar-refractivity contribution in [3.8, 4) is 0 Å². The van der Waals surface area contributed by atoms with Gasteiger partial charge in [0.25, 0.3) is 0 Å². The summed E-state index contributed by atoms with van der Waals surface area (Å²) in [5, 5.41) is 13.5. The molecule has 1 aromatic heterocycles. The molecule has 0 atom stereocenters. The molecule has 0 radical (unpaired) electrons. The molecule has 8 heteroatoms. The Morgan fingerprint density at radius 3 is 2.95 bits per heavy atom. The summed E-state index contributed by atoms with van der Waals surface area (Å²) in [5.41, 5.74) is 0.00563. The van der Waals surface area contributed by atoms with Crippen LogP contribution in [0.5, 0.6) is 0 Å². The highest BCUT2D eigenvalue weighted by Crippen LogP contribution is 2.28. The Morgan fingerprint density at radius 1 is 1.57 bits per heavy atom. The van der Waals surface area contributed by atoms with Gasteiger partial charge in [-0.3, -0.25) is 0 Å². The lowest BCUT2D eigenvalue weighted by molar-refractivity contribution is 0.0691. The third kappa shape index (κ3) is 5.31. The van der Waals surface area contributed by atoms with Crippen LogP contribution < -0.4 is 5.32 Å². The second-order valence-electron chi connectivity index (χ2n) is 5.03. The number of amides is 2. The number of nitrogens with one attached hydrogen (secondary N) is 1. The number of likely N-dealkylation sites (N-methyl/N-ethyl adjacent to an activating group) is 1. The fourth-order valence-corrected chi connectivity index (χ4v) is 2.32. The third-order valence-corrected chi connectivity index (χ3v) is 3.98. The zero-order valence-electron chi connectivity index (χ0n) is 11.9. The van der Waals surface area contributed by atoms with Crippen LogP contribution in [-0.2, 0) is 11.3 Å². The molecule has 2 N–H and O–H groups in total. The average Bonchev–Trinajstić information content (AvgIpc) is 3.15. The van der Waals surface area contributed by atoms with Crippen LogP contribution in [0, 0.1) is 5.92 Å². The van der Waals surface area contributed by atoms with Crippen molar-refractivity contribution in [2.75, 3.05) is 26.8 Å². The van der Waals surface area contributed by atoms with E-state index in [-0.39, 0.29) is 18.3 Å². The van der Waals surface area contributed by atoms with Crippen LogP contribution in [0.2, 0.25) is 0 Å². The molecule has 1 aliphatic rings. The number of rotatable bonds is 8. The molecule has 7 nitrogen and oxygen atoms in total. The number of hydrogen-bond donors (Lipinski definition) is 2. The first-order valence-electron chi connectivity index (χ1n) is 6.80. The topological polar surface area (TPSA) is 91.8 Å². The largest absolute Gasteiger partial charge is 0.476 e. The zero-order chi connectivity index (χ0) is 15.2. The molecule has 0 bridgehead atoms. The monoisotopic (exact) mass is 313 g/mol. The Bertz CT molecular complexity index is 501. The quantitative estimate of drug-likeness (QED) is 0.708. The van der Waals surface area contributed by atoms with Crippen molar-refractivity contribution in [3.05, 3.63) is 16.1 Å². The molecule has 1 aromatic rings. The van der Waals surface area contributed by atoms with Gasteiger partial charge in [-0.05, 0) is 18.8 Å². The maximum absolute atomic E-state index is 11.8. The van der Waals surface area contributed by atoms with Gasteiger partial charge in [0.2, 0.25) is 0 Å². The van der Waals surface area contributed by atoms with Crippen molar-refractivity contribution in [1.29, 1.82) is 0 Å². The predicted octanol–water partition coefficient (Wildman–Crippen LogP) is 1.41. The Morgan fingerprint density at radius 2 is 2.33 bits per heavy atom. The predicted molar refractivity (Wildman–Crippen MR) is 77.5 cm³/mol. The molecular weight excluding hydrogens is 294 g/mol. The molecule has 21 heavy (non-hydrogen) atoms. The number of ether oxygens (including phenoxy) is 1. The summed E-state index contributed by atoms with van der Waals surface area (Å²) < 4.78 is 5.47. The summed E-state index contributed by atoms with van der Waals surface area (Å²) in [6, 6.07) is -0.225. The molecular formula is C13H19N3O4S. The van der Waals surface area contributed by atoms with E-state index in [0.29, 0.717) is 18.2 Å². The van der Waals surface area contributed by atoms with Gasteiger partial charge >= 0.3 is 12.0 Å². The molecule has 2 rings (SSSR count). The van der Waals surface area contributed by atoms with E-state index in [0.717, 1.165) is 12.5 Å². The Balaban J connectivity index is 1.63. The van der Waals surface area contributed by atoms with E-state index < -0.39 is 5.97 Å². The summed E-state index contributed by atoms with van der Waals surface area (Å²) in [7, 11) is 1.69. The fraction of sp³-hybridized carbons (Fsp3) is 0.615. The first-order valence-corrected chi connectivity index (χ1v) is 7.68. The summed E-state index contributed by atoms with van der Waals surface area (Å²) in [6.45, 7) is 2.06. The molecule has 0 saturated heterocycles. The molecule has 0 unspecified atom stereocenters. The molecule has 1 fully saturated rings. The second-order valence-corrected chi connectivity index (χ2v) is 5.97. The lowest BCUT2D eigenvalue weighted by atomic mass is 10.5. The van der Waals surface area contributed by atoms with E-state index in [4.69, 9.17) is 9.84 Å². The number of urea groups is 1. The van der Waals surface area contributed by atoms with Gasteiger partial charge in [-0.25, -0.2) is 14.6 Å². The second kappa shape index (κ2) is 7.37. The summed E-state index contributed by atoms with van der Waals surface area (Å²) in [6.07, 6.45) is 2.50. The van der Waals surface area contributed by atoms with Crippen LogP contribution in [-0.4, -0.2) is 53.8 Å². The Labute approximate surface area is 126 Å². The van der Waals surface area contributed by atoms with Crippen LogP contribution in [0.15, 0.2) is 5.38 Å². The van der Waals surface area contributed by atoms with Gasteiger partial charge in [0, 0.05) is 25.6 Å². The number of nitrogens with zero attached hydrogens (tertiary/aromatic N) is 2. The highest BCUT2D eigenvalue weighted by molar-refractivity contribution is 7.09. The number of aromatic carboxylic acids is 1. The minimum Gasteiger partial charge on any atom is -0.476 e. The smallest absolute Gasteiger partial charge is 0.355 e. The van der Waals surface area contributed by atoms with Gasteiger partial charge in [-0.2, -0.15) is 0 Å². The van der Waals surface area contributed by atoms with Crippen LogP contribution in [0.4, 0.5) is 4.79 Å². The first kappa shape index (κ1) is 15.7. The zero-order valence-corrected chi connectivity index (χ0v) is 12.7. The number of carboxylic acid groups (broad SMARTS) is 1.